The van der Waals surface area contributed by atoms with Crippen molar-refractivity contribution in [2.45, 2.75) is 0 Å². The van der Waals surface area contributed by atoms with Gasteiger partial charge in [-0.2, -0.15) is 0 Å². The standard InChI is InChI=1S/C14H12ClNO4/c1-19-11-4-2-3-5-12(11)20-13-9(14(17)18)6-8(16)7-10(13)15/h2-7H,16H2,1H3,(H,17,18). The molecule has 0 atom stereocenters. The molecule has 2 aromatic carbocycles. The quantitative estimate of drug-likeness (QED) is 0.844. The number of benzene rings is 2. The molecule has 0 aliphatic heterocycles. The Morgan fingerprint density at radius 1 is 1.25 bits per heavy atom. The highest BCUT2D eigenvalue weighted by Gasteiger charge is 2.18. The van der Waals surface area contributed by atoms with Crippen LogP contribution >= 0.6 is 11.6 Å². The summed E-state index contributed by atoms with van der Waals surface area (Å²) in [6, 6.07) is 9.58. The topological polar surface area (TPSA) is 81.8 Å². The van der Waals surface area contributed by atoms with Gasteiger partial charge in [0.15, 0.2) is 17.2 Å². The van der Waals surface area contributed by atoms with E-state index in [9.17, 15) is 9.90 Å². The van der Waals surface area contributed by atoms with Gasteiger partial charge in [-0.15, -0.1) is 0 Å². The molecule has 0 spiro atoms. The summed E-state index contributed by atoms with van der Waals surface area (Å²) in [5.41, 5.74) is 5.73. The minimum absolute atomic E-state index is 0.0258. The lowest BCUT2D eigenvalue weighted by atomic mass is 10.1. The van der Waals surface area contributed by atoms with Crippen LogP contribution in [0.5, 0.6) is 17.2 Å². The summed E-state index contributed by atoms with van der Waals surface area (Å²) in [5, 5.41) is 9.31. The van der Waals surface area contributed by atoms with Crippen molar-refractivity contribution in [2.75, 3.05) is 12.8 Å². The molecule has 0 aliphatic rings. The zero-order chi connectivity index (χ0) is 14.7. The first-order chi connectivity index (χ1) is 9.52. The highest BCUT2D eigenvalue weighted by molar-refractivity contribution is 6.33. The Morgan fingerprint density at radius 3 is 2.50 bits per heavy atom. The Hall–Kier alpha value is -2.40. The molecule has 0 heterocycles. The van der Waals surface area contributed by atoms with Crippen molar-refractivity contribution in [1.29, 1.82) is 0 Å². The Labute approximate surface area is 120 Å². The van der Waals surface area contributed by atoms with E-state index >= 15 is 0 Å². The van der Waals surface area contributed by atoms with Gasteiger partial charge in [-0.25, -0.2) is 4.79 Å². The Bertz CT molecular complexity index is 658. The zero-order valence-corrected chi connectivity index (χ0v) is 11.3. The van der Waals surface area contributed by atoms with Crippen LogP contribution in [0.2, 0.25) is 5.02 Å². The van der Waals surface area contributed by atoms with Crippen LogP contribution in [0.4, 0.5) is 5.69 Å². The van der Waals surface area contributed by atoms with E-state index in [1.165, 1.54) is 19.2 Å². The van der Waals surface area contributed by atoms with Crippen molar-refractivity contribution >= 4 is 23.3 Å². The van der Waals surface area contributed by atoms with E-state index in [1.807, 2.05) is 0 Å². The van der Waals surface area contributed by atoms with E-state index in [1.54, 1.807) is 24.3 Å². The van der Waals surface area contributed by atoms with E-state index in [2.05, 4.69) is 0 Å². The molecule has 104 valence electrons. The fraction of sp³-hybridized carbons (Fsp3) is 0.0714. The number of nitrogens with two attached hydrogens (primary N) is 1. The average molecular weight is 294 g/mol. The van der Waals surface area contributed by atoms with Gasteiger partial charge in [-0.3, -0.25) is 0 Å². The lowest BCUT2D eigenvalue weighted by Gasteiger charge is -2.13. The molecule has 0 saturated carbocycles. The van der Waals surface area contributed by atoms with Crippen LogP contribution in [0.15, 0.2) is 36.4 Å². The Kier molecular flexibility index (Phi) is 4.00. The summed E-state index contributed by atoms with van der Waals surface area (Å²) in [5.74, 6) is -0.317. The molecule has 6 heteroatoms. The number of aromatic carboxylic acids is 1. The molecule has 0 unspecified atom stereocenters. The third-order valence-corrected chi connectivity index (χ3v) is 2.86. The van der Waals surface area contributed by atoms with Crippen LogP contribution in [-0.2, 0) is 0 Å². The molecule has 2 rings (SSSR count). The molecule has 0 saturated heterocycles. The Balaban J connectivity index is 2.50. The third kappa shape index (κ3) is 2.78. The smallest absolute Gasteiger partial charge is 0.339 e. The highest BCUT2D eigenvalue weighted by Crippen LogP contribution is 2.38. The summed E-state index contributed by atoms with van der Waals surface area (Å²) in [6.07, 6.45) is 0. The molecule has 0 aliphatic carbocycles. The van der Waals surface area contributed by atoms with Gasteiger partial charge in [0.1, 0.15) is 5.56 Å². The summed E-state index contributed by atoms with van der Waals surface area (Å²) < 4.78 is 10.7. The van der Waals surface area contributed by atoms with Crippen molar-refractivity contribution in [3.8, 4) is 17.2 Å². The number of anilines is 1. The lowest BCUT2D eigenvalue weighted by Crippen LogP contribution is -2.03. The number of carbonyl (C=O) groups is 1. The number of para-hydroxylation sites is 2. The van der Waals surface area contributed by atoms with Crippen molar-refractivity contribution in [2.24, 2.45) is 0 Å². The molecule has 20 heavy (non-hydrogen) atoms. The second kappa shape index (κ2) is 5.71. The van der Waals surface area contributed by atoms with Gasteiger partial charge >= 0.3 is 5.97 Å². The van der Waals surface area contributed by atoms with Crippen LogP contribution in [0.3, 0.4) is 0 Å². The van der Waals surface area contributed by atoms with Gasteiger partial charge < -0.3 is 20.3 Å². The maximum absolute atomic E-state index is 11.2. The number of nitrogen functional groups attached to an aromatic ring is 1. The first kappa shape index (κ1) is 14.0. The summed E-state index contributed by atoms with van der Waals surface area (Å²) in [6.45, 7) is 0. The van der Waals surface area contributed by atoms with Crippen molar-refractivity contribution < 1.29 is 19.4 Å². The second-order valence-corrected chi connectivity index (χ2v) is 4.34. The maximum Gasteiger partial charge on any atom is 0.339 e. The number of carboxylic acid groups (broad SMARTS) is 1. The second-order valence-electron chi connectivity index (χ2n) is 3.94. The monoisotopic (exact) mass is 293 g/mol. The normalized spacial score (nSPS) is 10.1. The molecule has 0 amide bonds. The van der Waals surface area contributed by atoms with Gasteiger partial charge in [0.05, 0.1) is 12.1 Å². The first-order valence-corrected chi connectivity index (χ1v) is 6.04. The van der Waals surface area contributed by atoms with Gasteiger partial charge in [0.25, 0.3) is 0 Å². The molecule has 0 bridgehead atoms. The van der Waals surface area contributed by atoms with Crippen LogP contribution in [0.25, 0.3) is 0 Å². The van der Waals surface area contributed by atoms with E-state index in [-0.39, 0.29) is 22.0 Å². The minimum Gasteiger partial charge on any atom is -0.493 e. The minimum atomic E-state index is -1.18. The van der Waals surface area contributed by atoms with Gasteiger partial charge in [-0.05, 0) is 24.3 Å². The summed E-state index contributed by atoms with van der Waals surface area (Å²) in [7, 11) is 1.49. The van der Waals surface area contributed by atoms with Crippen molar-refractivity contribution in [3.05, 3.63) is 47.0 Å². The molecule has 0 aromatic heterocycles. The molecule has 0 radical (unpaired) electrons. The van der Waals surface area contributed by atoms with Crippen LogP contribution in [0, 0.1) is 0 Å². The van der Waals surface area contributed by atoms with E-state index in [4.69, 9.17) is 26.8 Å². The van der Waals surface area contributed by atoms with Gasteiger partial charge in [0, 0.05) is 5.69 Å². The SMILES string of the molecule is COc1ccccc1Oc1c(Cl)cc(N)cc1C(=O)O. The van der Waals surface area contributed by atoms with Crippen molar-refractivity contribution in [3.63, 3.8) is 0 Å². The number of hydrogen-bond donors (Lipinski definition) is 2. The maximum atomic E-state index is 11.2. The van der Waals surface area contributed by atoms with Gasteiger partial charge in [0.2, 0.25) is 0 Å². The first-order valence-electron chi connectivity index (χ1n) is 5.66. The predicted octanol–water partition coefficient (Wildman–Crippen LogP) is 3.42. The number of halogens is 1. The zero-order valence-electron chi connectivity index (χ0n) is 10.6. The van der Waals surface area contributed by atoms with Crippen LogP contribution < -0.4 is 15.2 Å². The summed E-state index contributed by atoms with van der Waals surface area (Å²) in [4.78, 5) is 11.2. The van der Waals surface area contributed by atoms with Crippen LogP contribution in [0.1, 0.15) is 10.4 Å². The van der Waals surface area contributed by atoms with Gasteiger partial charge in [-0.1, -0.05) is 23.7 Å². The summed E-state index contributed by atoms with van der Waals surface area (Å²) >= 11 is 6.02. The number of ether oxygens (including phenoxy) is 2. The third-order valence-electron chi connectivity index (χ3n) is 2.58. The molecule has 3 N–H and O–H groups in total. The molecule has 2 aromatic rings. The largest absolute Gasteiger partial charge is 0.493 e. The number of rotatable bonds is 4. The average Bonchev–Trinajstić information content (AvgIpc) is 2.41. The highest BCUT2D eigenvalue weighted by atomic mass is 35.5. The van der Waals surface area contributed by atoms with E-state index in [0.717, 1.165) is 0 Å². The number of methoxy groups -OCH3 is 1. The van der Waals surface area contributed by atoms with E-state index in [0.29, 0.717) is 11.5 Å². The molecular formula is C14H12ClNO4. The lowest BCUT2D eigenvalue weighted by molar-refractivity contribution is 0.0694. The van der Waals surface area contributed by atoms with Crippen LogP contribution in [-0.4, -0.2) is 18.2 Å². The number of carboxylic acids is 1. The molecular weight excluding hydrogens is 282 g/mol. The van der Waals surface area contributed by atoms with Crippen molar-refractivity contribution in [1.82, 2.24) is 0 Å². The molecule has 5 nitrogen and oxygen atoms in total. The van der Waals surface area contributed by atoms with E-state index < -0.39 is 5.97 Å². The number of hydrogen-bond acceptors (Lipinski definition) is 4. The Morgan fingerprint density at radius 2 is 1.90 bits per heavy atom. The predicted molar refractivity (Wildman–Crippen MR) is 75.9 cm³/mol. The molecule has 0 fully saturated rings. The fourth-order valence-corrected chi connectivity index (χ4v) is 1.96. The fourth-order valence-electron chi connectivity index (χ4n) is 1.69.